The normalized spacial score (nSPS) is 16.5. The third kappa shape index (κ3) is 5.29. The van der Waals surface area contributed by atoms with Crippen molar-refractivity contribution in [3.63, 3.8) is 0 Å². The predicted octanol–water partition coefficient (Wildman–Crippen LogP) is 3.26. The number of nitrogens with zero attached hydrogens (tertiary/aromatic N) is 5. The van der Waals surface area contributed by atoms with Crippen LogP contribution in [0.25, 0.3) is 11.4 Å². The van der Waals surface area contributed by atoms with Crippen LogP contribution in [0.3, 0.4) is 0 Å². The van der Waals surface area contributed by atoms with Crippen LogP contribution in [0, 0.1) is 5.82 Å². The summed E-state index contributed by atoms with van der Waals surface area (Å²) in [6, 6.07) is 10.4. The summed E-state index contributed by atoms with van der Waals surface area (Å²) in [6.45, 7) is 4.28. The topological polar surface area (TPSA) is 91.5 Å². The fourth-order valence-electron chi connectivity index (χ4n) is 3.40. The standard InChI is InChI=1S/C21H23ClFN7O/c1-2-24-21(27-16-8-10-30(13-16)20-17(23)7-4-9-25-20)26-12-18-28-19(29-31-18)14-5-3-6-15(22)11-14/h3-7,9,11,16H,2,8,10,12-13H2,1H3,(H2,24,26,27). The smallest absolute Gasteiger partial charge is 0.248 e. The van der Waals surface area contributed by atoms with Gasteiger partial charge in [-0.05, 0) is 37.6 Å². The van der Waals surface area contributed by atoms with Gasteiger partial charge in [0, 0.05) is 42.5 Å². The van der Waals surface area contributed by atoms with E-state index in [1.54, 1.807) is 24.4 Å². The van der Waals surface area contributed by atoms with Crippen LogP contribution in [0.5, 0.6) is 0 Å². The Balaban J connectivity index is 1.38. The third-order valence-electron chi connectivity index (χ3n) is 4.84. The van der Waals surface area contributed by atoms with Crippen molar-refractivity contribution in [2.75, 3.05) is 24.5 Å². The summed E-state index contributed by atoms with van der Waals surface area (Å²) in [5.41, 5.74) is 0.782. The van der Waals surface area contributed by atoms with Gasteiger partial charge in [-0.25, -0.2) is 14.4 Å². The Morgan fingerprint density at radius 1 is 1.35 bits per heavy atom. The van der Waals surface area contributed by atoms with E-state index in [0.29, 0.717) is 41.6 Å². The lowest BCUT2D eigenvalue weighted by Gasteiger charge is -2.19. The van der Waals surface area contributed by atoms with Gasteiger partial charge in [0.2, 0.25) is 11.7 Å². The van der Waals surface area contributed by atoms with Crippen LogP contribution in [-0.4, -0.2) is 46.8 Å². The summed E-state index contributed by atoms with van der Waals surface area (Å²) < 4.78 is 19.3. The van der Waals surface area contributed by atoms with Crippen LogP contribution in [0.2, 0.25) is 5.02 Å². The summed E-state index contributed by atoms with van der Waals surface area (Å²) in [5.74, 6) is 1.58. The monoisotopic (exact) mass is 443 g/mol. The average Bonchev–Trinajstić information content (AvgIpc) is 3.42. The highest BCUT2D eigenvalue weighted by Gasteiger charge is 2.26. The van der Waals surface area contributed by atoms with Gasteiger partial charge in [0.25, 0.3) is 0 Å². The molecule has 1 unspecified atom stereocenters. The first-order valence-corrected chi connectivity index (χ1v) is 10.5. The molecule has 2 aromatic heterocycles. The number of hydrogen-bond donors (Lipinski definition) is 2. The minimum atomic E-state index is -0.310. The molecule has 0 aliphatic carbocycles. The fourth-order valence-corrected chi connectivity index (χ4v) is 3.59. The Morgan fingerprint density at radius 3 is 3.06 bits per heavy atom. The molecule has 1 aliphatic heterocycles. The Hall–Kier alpha value is -3.20. The van der Waals surface area contributed by atoms with E-state index in [9.17, 15) is 4.39 Å². The van der Waals surface area contributed by atoms with Gasteiger partial charge in [-0.2, -0.15) is 4.98 Å². The van der Waals surface area contributed by atoms with Crippen LogP contribution >= 0.6 is 11.6 Å². The molecule has 1 aromatic carbocycles. The van der Waals surface area contributed by atoms with Crippen molar-refractivity contribution in [2.45, 2.75) is 25.9 Å². The Morgan fingerprint density at radius 2 is 2.26 bits per heavy atom. The van der Waals surface area contributed by atoms with Crippen LogP contribution in [0.15, 0.2) is 52.1 Å². The first kappa shape index (κ1) is 21.0. The Kier molecular flexibility index (Phi) is 6.61. The predicted molar refractivity (Wildman–Crippen MR) is 118 cm³/mol. The summed E-state index contributed by atoms with van der Waals surface area (Å²) >= 11 is 6.03. The van der Waals surface area contributed by atoms with E-state index in [0.717, 1.165) is 18.5 Å². The van der Waals surface area contributed by atoms with Crippen LogP contribution < -0.4 is 15.5 Å². The van der Waals surface area contributed by atoms with Crippen molar-refractivity contribution in [3.05, 3.63) is 59.3 Å². The number of anilines is 1. The van der Waals surface area contributed by atoms with Crippen molar-refractivity contribution >= 4 is 23.4 Å². The van der Waals surface area contributed by atoms with Crippen LogP contribution in [-0.2, 0) is 6.54 Å². The molecule has 1 atom stereocenters. The minimum Gasteiger partial charge on any atom is -0.357 e. The number of nitrogens with one attached hydrogen (secondary N) is 2. The van der Waals surface area contributed by atoms with Gasteiger partial charge in [0.05, 0.1) is 0 Å². The molecule has 0 radical (unpaired) electrons. The maximum absolute atomic E-state index is 14.0. The number of pyridine rings is 1. The quantitative estimate of drug-likeness (QED) is 0.446. The zero-order chi connectivity index (χ0) is 21.6. The minimum absolute atomic E-state index is 0.115. The lowest BCUT2D eigenvalue weighted by molar-refractivity contribution is 0.380. The van der Waals surface area contributed by atoms with Gasteiger partial charge in [-0.1, -0.05) is 28.9 Å². The highest BCUT2D eigenvalue weighted by atomic mass is 35.5. The second-order valence-electron chi connectivity index (χ2n) is 7.10. The van der Waals surface area contributed by atoms with Gasteiger partial charge in [-0.15, -0.1) is 0 Å². The largest absolute Gasteiger partial charge is 0.357 e. The Labute approximate surface area is 184 Å². The zero-order valence-corrected chi connectivity index (χ0v) is 17.8. The summed E-state index contributed by atoms with van der Waals surface area (Å²) in [5, 5.41) is 11.2. The average molecular weight is 444 g/mol. The molecule has 3 heterocycles. The van der Waals surface area contributed by atoms with Crippen molar-refractivity contribution in [2.24, 2.45) is 4.99 Å². The molecule has 3 aromatic rings. The third-order valence-corrected chi connectivity index (χ3v) is 5.07. The molecule has 1 aliphatic rings. The van der Waals surface area contributed by atoms with Gasteiger partial charge in [0.15, 0.2) is 17.6 Å². The van der Waals surface area contributed by atoms with E-state index < -0.39 is 0 Å². The highest BCUT2D eigenvalue weighted by molar-refractivity contribution is 6.30. The molecule has 8 nitrogen and oxygen atoms in total. The second-order valence-corrected chi connectivity index (χ2v) is 7.54. The molecule has 0 bridgehead atoms. The van der Waals surface area contributed by atoms with Gasteiger partial charge in [-0.3, -0.25) is 0 Å². The van der Waals surface area contributed by atoms with E-state index in [1.165, 1.54) is 6.07 Å². The lowest BCUT2D eigenvalue weighted by atomic mass is 10.2. The van der Waals surface area contributed by atoms with Crippen molar-refractivity contribution < 1.29 is 8.91 Å². The second kappa shape index (κ2) is 9.74. The molecule has 162 valence electrons. The van der Waals surface area contributed by atoms with Crippen molar-refractivity contribution in [3.8, 4) is 11.4 Å². The van der Waals surface area contributed by atoms with Gasteiger partial charge < -0.3 is 20.1 Å². The fraction of sp³-hybridized carbons (Fsp3) is 0.333. The number of hydrogen-bond acceptors (Lipinski definition) is 6. The molecule has 0 saturated carbocycles. The molecule has 0 amide bonds. The van der Waals surface area contributed by atoms with Crippen molar-refractivity contribution in [1.29, 1.82) is 0 Å². The SMILES string of the molecule is CCNC(=NCc1nc(-c2cccc(Cl)c2)no1)NC1CCN(c2ncccc2F)C1. The molecule has 10 heteroatoms. The molecule has 0 spiro atoms. The highest BCUT2D eigenvalue weighted by Crippen LogP contribution is 2.21. The molecule has 31 heavy (non-hydrogen) atoms. The molecule has 1 saturated heterocycles. The summed E-state index contributed by atoms with van der Waals surface area (Å²) in [4.78, 5) is 15.0. The van der Waals surface area contributed by atoms with E-state index in [1.807, 2.05) is 24.0 Å². The maximum atomic E-state index is 14.0. The van der Waals surface area contributed by atoms with Gasteiger partial charge in [0.1, 0.15) is 6.54 Å². The first-order valence-electron chi connectivity index (χ1n) is 10.1. The van der Waals surface area contributed by atoms with E-state index in [4.69, 9.17) is 16.1 Å². The maximum Gasteiger partial charge on any atom is 0.248 e. The number of guanidine groups is 1. The first-order chi connectivity index (χ1) is 15.1. The number of aromatic nitrogens is 3. The van der Waals surface area contributed by atoms with Crippen LogP contribution in [0.1, 0.15) is 19.2 Å². The number of aliphatic imine (C=N–C) groups is 1. The number of benzene rings is 1. The molecule has 4 rings (SSSR count). The van der Waals surface area contributed by atoms with E-state index in [2.05, 4.69) is 30.8 Å². The van der Waals surface area contributed by atoms with Gasteiger partial charge >= 0.3 is 0 Å². The van der Waals surface area contributed by atoms with E-state index in [-0.39, 0.29) is 18.4 Å². The number of halogens is 2. The van der Waals surface area contributed by atoms with Crippen molar-refractivity contribution in [1.82, 2.24) is 25.8 Å². The van der Waals surface area contributed by atoms with Crippen LogP contribution in [0.4, 0.5) is 10.2 Å². The Bertz CT molecular complexity index is 1060. The number of rotatable bonds is 6. The molecule has 1 fully saturated rings. The zero-order valence-electron chi connectivity index (χ0n) is 17.1. The lowest BCUT2D eigenvalue weighted by Crippen LogP contribution is -2.44. The molecular formula is C21H23ClFN7O. The summed E-state index contributed by atoms with van der Waals surface area (Å²) in [7, 11) is 0. The molecule has 2 N–H and O–H groups in total. The van der Waals surface area contributed by atoms with E-state index >= 15 is 0 Å². The summed E-state index contributed by atoms with van der Waals surface area (Å²) in [6.07, 6.45) is 2.45. The molecular weight excluding hydrogens is 421 g/mol.